The molecule has 0 aliphatic heterocycles. The number of hydrogen-bond donors (Lipinski definition) is 1. The normalized spacial score (nSPS) is 11.6. The standard InChI is InChI=1S/C19H15N5O6S2/c1-11-10-31-19-20-16(9-22(11)19)13-3-5-14(6-4-13)21-32(29,30)15-7-17(23(25)26)12(2)18(8-15)24(27)28/h3-10,21H,1-2H3. The van der Waals surface area contributed by atoms with E-state index in [2.05, 4.69) is 9.71 Å². The predicted molar refractivity (Wildman–Crippen MR) is 119 cm³/mol. The monoisotopic (exact) mass is 473 g/mol. The van der Waals surface area contributed by atoms with Crippen molar-refractivity contribution in [3.63, 3.8) is 0 Å². The van der Waals surface area contributed by atoms with E-state index in [1.165, 1.54) is 30.4 Å². The Morgan fingerprint density at radius 3 is 2.16 bits per heavy atom. The molecular formula is C19H15N5O6S2. The Morgan fingerprint density at radius 1 is 1.03 bits per heavy atom. The number of nitro benzene ring substituents is 2. The van der Waals surface area contributed by atoms with Crippen LogP contribution in [0.4, 0.5) is 17.1 Å². The first kappa shape index (κ1) is 21.4. The van der Waals surface area contributed by atoms with E-state index in [4.69, 9.17) is 0 Å². The fraction of sp³-hybridized carbons (Fsp3) is 0.105. The van der Waals surface area contributed by atoms with Gasteiger partial charge in [0.05, 0.1) is 15.5 Å². The minimum absolute atomic E-state index is 0.192. The van der Waals surface area contributed by atoms with Crippen molar-refractivity contribution < 1.29 is 18.3 Å². The molecule has 13 heteroatoms. The summed E-state index contributed by atoms with van der Waals surface area (Å²) in [6.07, 6.45) is 1.88. The summed E-state index contributed by atoms with van der Waals surface area (Å²) in [5.74, 6) is 0. The van der Waals surface area contributed by atoms with Crippen molar-refractivity contribution in [1.29, 1.82) is 0 Å². The lowest BCUT2D eigenvalue weighted by Gasteiger charge is -2.09. The van der Waals surface area contributed by atoms with Gasteiger partial charge < -0.3 is 0 Å². The average molecular weight is 473 g/mol. The van der Waals surface area contributed by atoms with Crippen LogP contribution in [0.25, 0.3) is 16.2 Å². The van der Waals surface area contributed by atoms with E-state index in [-0.39, 0.29) is 11.3 Å². The highest BCUT2D eigenvalue weighted by atomic mass is 32.2. The fourth-order valence-corrected chi connectivity index (χ4v) is 5.10. The Bertz CT molecular complexity index is 1450. The Morgan fingerprint density at radius 2 is 1.62 bits per heavy atom. The van der Waals surface area contributed by atoms with Gasteiger partial charge in [-0.2, -0.15) is 0 Å². The summed E-state index contributed by atoms with van der Waals surface area (Å²) in [7, 11) is -4.31. The minimum atomic E-state index is -4.31. The van der Waals surface area contributed by atoms with Crippen molar-refractivity contribution in [3.05, 3.63) is 79.5 Å². The van der Waals surface area contributed by atoms with Gasteiger partial charge in [-0.3, -0.25) is 29.4 Å². The molecule has 11 nitrogen and oxygen atoms in total. The third kappa shape index (κ3) is 3.78. The molecule has 0 amide bonds. The van der Waals surface area contributed by atoms with Crippen molar-refractivity contribution in [2.24, 2.45) is 0 Å². The number of nitrogens with zero attached hydrogens (tertiary/aromatic N) is 4. The summed E-state index contributed by atoms with van der Waals surface area (Å²) in [6, 6.07) is 8.01. The van der Waals surface area contributed by atoms with Crippen LogP contribution >= 0.6 is 11.3 Å². The maximum Gasteiger partial charge on any atom is 0.280 e. The second kappa shape index (κ2) is 7.69. The number of benzene rings is 2. The van der Waals surface area contributed by atoms with Crippen LogP contribution in [0.3, 0.4) is 0 Å². The molecule has 0 aliphatic carbocycles. The molecule has 164 valence electrons. The number of fused-ring (bicyclic) bond motifs is 1. The van der Waals surface area contributed by atoms with Crippen LogP contribution in [0, 0.1) is 34.1 Å². The predicted octanol–water partition coefficient (Wildman–Crippen LogP) is 4.30. The fourth-order valence-electron chi connectivity index (χ4n) is 3.15. The van der Waals surface area contributed by atoms with Crippen molar-refractivity contribution in [2.45, 2.75) is 18.7 Å². The van der Waals surface area contributed by atoms with E-state index in [0.29, 0.717) is 0 Å². The number of sulfonamides is 1. The molecule has 4 rings (SSSR count). The zero-order chi connectivity index (χ0) is 23.2. The molecule has 0 aliphatic rings. The van der Waals surface area contributed by atoms with Crippen molar-refractivity contribution >= 4 is 43.4 Å². The molecule has 0 bridgehead atoms. The van der Waals surface area contributed by atoms with Gasteiger partial charge in [-0.1, -0.05) is 12.1 Å². The third-order valence-corrected chi connectivity index (χ3v) is 7.17. The Balaban J connectivity index is 1.65. The maximum atomic E-state index is 12.8. The van der Waals surface area contributed by atoms with Crippen LogP contribution in [0.5, 0.6) is 0 Å². The summed E-state index contributed by atoms with van der Waals surface area (Å²) in [5.41, 5.74) is 1.21. The van der Waals surface area contributed by atoms with Gasteiger partial charge in [0.2, 0.25) is 0 Å². The largest absolute Gasteiger partial charge is 0.294 e. The summed E-state index contributed by atoms with van der Waals surface area (Å²) in [6.45, 7) is 3.16. The molecule has 0 saturated heterocycles. The van der Waals surface area contributed by atoms with E-state index in [1.54, 1.807) is 12.1 Å². The zero-order valence-corrected chi connectivity index (χ0v) is 18.3. The van der Waals surface area contributed by atoms with Crippen molar-refractivity contribution in [3.8, 4) is 11.3 Å². The van der Waals surface area contributed by atoms with E-state index < -0.39 is 36.1 Å². The van der Waals surface area contributed by atoms with Crippen molar-refractivity contribution in [1.82, 2.24) is 9.38 Å². The van der Waals surface area contributed by atoms with E-state index in [1.807, 2.05) is 22.9 Å². The van der Waals surface area contributed by atoms with Gasteiger partial charge in [0.25, 0.3) is 21.4 Å². The topological polar surface area (TPSA) is 150 Å². The average Bonchev–Trinajstić information content (AvgIpc) is 3.30. The lowest BCUT2D eigenvalue weighted by Crippen LogP contribution is -2.14. The number of hydrogen-bond acceptors (Lipinski definition) is 8. The first-order valence-electron chi connectivity index (χ1n) is 9.06. The van der Waals surface area contributed by atoms with Crippen LogP contribution in [0.15, 0.2) is 52.9 Å². The molecule has 0 saturated carbocycles. The number of thiazole rings is 1. The number of anilines is 1. The molecule has 0 radical (unpaired) electrons. The van der Waals surface area contributed by atoms with E-state index in [0.717, 1.165) is 34.0 Å². The van der Waals surface area contributed by atoms with Gasteiger partial charge in [0.15, 0.2) is 4.96 Å². The molecule has 2 aromatic heterocycles. The highest BCUT2D eigenvalue weighted by Gasteiger charge is 2.28. The molecule has 0 atom stereocenters. The molecular weight excluding hydrogens is 458 g/mol. The van der Waals surface area contributed by atoms with E-state index in [9.17, 15) is 28.6 Å². The third-order valence-electron chi connectivity index (χ3n) is 4.85. The van der Waals surface area contributed by atoms with Crippen LogP contribution < -0.4 is 4.72 Å². The van der Waals surface area contributed by atoms with Crippen LogP contribution in [-0.2, 0) is 10.0 Å². The summed E-state index contributed by atoms with van der Waals surface area (Å²) in [5, 5.41) is 24.5. The maximum absolute atomic E-state index is 12.8. The smallest absolute Gasteiger partial charge is 0.280 e. The number of aryl methyl sites for hydroxylation is 1. The molecule has 1 N–H and O–H groups in total. The van der Waals surface area contributed by atoms with Gasteiger partial charge in [-0.15, -0.1) is 11.3 Å². The van der Waals surface area contributed by atoms with Gasteiger partial charge >= 0.3 is 0 Å². The Kier molecular flexibility index (Phi) is 5.14. The summed E-state index contributed by atoms with van der Waals surface area (Å²) < 4.78 is 29.8. The highest BCUT2D eigenvalue weighted by Crippen LogP contribution is 2.32. The lowest BCUT2D eigenvalue weighted by atomic mass is 10.1. The number of nitrogens with one attached hydrogen (secondary N) is 1. The molecule has 32 heavy (non-hydrogen) atoms. The zero-order valence-electron chi connectivity index (χ0n) is 16.7. The first-order chi connectivity index (χ1) is 15.1. The molecule has 2 aromatic carbocycles. The van der Waals surface area contributed by atoms with Crippen LogP contribution in [-0.4, -0.2) is 27.6 Å². The lowest BCUT2D eigenvalue weighted by molar-refractivity contribution is -0.395. The van der Waals surface area contributed by atoms with Crippen LogP contribution in [0.2, 0.25) is 0 Å². The molecule has 4 aromatic rings. The van der Waals surface area contributed by atoms with E-state index >= 15 is 0 Å². The van der Waals surface area contributed by atoms with Gasteiger partial charge in [0.1, 0.15) is 10.5 Å². The van der Waals surface area contributed by atoms with Gasteiger partial charge in [-0.25, -0.2) is 13.4 Å². The molecule has 2 heterocycles. The summed E-state index contributed by atoms with van der Waals surface area (Å²) in [4.78, 5) is 25.6. The van der Waals surface area contributed by atoms with Crippen LogP contribution in [0.1, 0.15) is 11.3 Å². The van der Waals surface area contributed by atoms with Crippen molar-refractivity contribution in [2.75, 3.05) is 4.72 Å². The number of nitro groups is 2. The molecule has 0 unspecified atom stereocenters. The second-order valence-electron chi connectivity index (χ2n) is 6.94. The minimum Gasteiger partial charge on any atom is -0.294 e. The highest BCUT2D eigenvalue weighted by molar-refractivity contribution is 7.92. The number of imidazole rings is 1. The van der Waals surface area contributed by atoms with Gasteiger partial charge in [-0.05, 0) is 26.0 Å². The Labute approximate surface area is 185 Å². The molecule has 0 spiro atoms. The quantitative estimate of drug-likeness (QED) is 0.324. The van der Waals surface area contributed by atoms with Gasteiger partial charge in [0, 0.05) is 40.7 Å². The SMILES string of the molecule is Cc1c([N+](=O)[O-])cc(S(=O)(=O)Nc2ccc(-c3cn4c(C)csc4n3)cc2)cc1[N+](=O)[O-]. The Hall–Kier alpha value is -3.84. The molecule has 0 fully saturated rings. The number of aromatic nitrogens is 2. The number of rotatable bonds is 6. The summed E-state index contributed by atoms with van der Waals surface area (Å²) >= 11 is 1.51. The first-order valence-corrected chi connectivity index (χ1v) is 11.4. The second-order valence-corrected chi connectivity index (χ2v) is 9.46.